The van der Waals surface area contributed by atoms with E-state index < -0.39 is 11.0 Å². The van der Waals surface area contributed by atoms with Crippen LogP contribution in [0, 0.1) is 23.0 Å². The van der Waals surface area contributed by atoms with Crippen molar-refractivity contribution >= 4 is 17.3 Å². The van der Waals surface area contributed by atoms with Crippen LogP contribution in [0.25, 0.3) is 0 Å². The van der Waals surface area contributed by atoms with E-state index in [1.165, 1.54) is 6.07 Å². The second-order valence-corrected chi connectivity index (χ2v) is 7.24. The minimum atomic E-state index is -0.540. The Hall–Kier alpha value is -2.77. The zero-order valence-corrected chi connectivity index (χ0v) is 15.9. The number of rotatable bonds is 6. The van der Waals surface area contributed by atoms with Crippen molar-refractivity contribution in [2.45, 2.75) is 25.8 Å². The highest BCUT2D eigenvalue weighted by Gasteiger charge is 2.32. The number of nitrogens with zero attached hydrogens (tertiary/aromatic N) is 2. The number of aliphatic hydroxyl groups is 1. The van der Waals surface area contributed by atoms with Crippen LogP contribution in [0.5, 0.6) is 0 Å². The highest BCUT2D eigenvalue weighted by atomic mass is 16.6. The summed E-state index contributed by atoms with van der Waals surface area (Å²) < 4.78 is 0. The number of aliphatic hydroxyl groups excluding tert-OH is 1. The second-order valence-electron chi connectivity index (χ2n) is 7.24. The number of hydrogen-bond acceptors (Lipinski definition) is 5. The molecule has 1 amide bonds. The van der Waals surface area contributed by atoms with Gasteiger partial charge in [0, 0.05) is 12.7 Å². The molecule has 28 heavy (non-hydrogen) atoms. The summed E-state index contributed by atoms with van der Waals surface area (Å²) in [4.78, 5) is 26.2. The number of hydrogen-bond donors (Lipinski definition) is 2. The molecule has 148 valence electrons. The van der Waals surface area contributed by atoms with Gasteiger partial charge in [0.1, 0.15) is 11.7 Å². The van der Waals surface area contributed by atoms with Crippen LogP contribution in [-0.4, -0.2) is 40.5 Å². The normalized spacial score (nSPS) is 16.5. The molecule has 1 heterocycles. The lowest BCUT2D eigenvalue weighted by atomic mass is 9.94. The van der Waals surface area contributed by atoms with Gasteiger partial charge in [-0.3, -0.25) is 19.8 Å². The van der Waals surface area contributed by atoms with Crippen LogP contribution < -0.4 is 5.32 Å². The van der Waals surface area contributed by atoms with Crippen molar-refractivity contribution in [3.8, 4) is 0 Å². The number of benzene rings is 2. The van der Waals surface area contributed by atoms with E-state index in [1.54, 1.807) is 19.1 Å². The van der Waals surface area contributed by atoms with Crippen LogP contribution in [0.3, 0.4) is 0 Å². The van der Waals surface area contributed by atoms with E-state index >= 15 is 0 Å². The summed E-state index contributed by atoms with van der Waals surface area (Å²) in [6, 6.07) is 13.7. The largest absolute Gasteiger partial charge is 0.396 e. The van der Waals surface area contributed by atoms with Gasteiger partial charge in [0.25, 0.3) is 5.69 Å². The summed E-state index contributed by atoms with van der Waals surface area (Å²) in [5.41, 5.74) is 1.69. The van der Waals surface area contributed by atoms with E-state index in [2.05, 4.69) is 10.2 Å². The zero-order valence-electron chi connectivity index (χ0n) is 15.9. The fourth-order valence-electron chi connectivity index (χ4n) is 3.66. The zero-order chi connectivity index (χ0) is 20.1. The molecule has 0 radical (unpaired) electrons. The number of carbonyl (C=O) groups is 1. The van der Waals surface area contributed by atoms with Crippen LogP contribution >= 0.6 is 0 Å². The Kier molecular flexibility index (Phi) is 6.38. The summed E-state index contributed by atoms with van der Waals surface area (Å²) >= 11 is 0. The van der Waals surface area contributed by atoms with Crippen LogP contribution in [0.15, 0.2) is 48.5 Å². The van der Waals surface area contributed by atoms with Crippen molar-refractivity contribution < 1.29 is 14.8 Å². The van der Waals surface area contributed by atoms with Gasteiger partial charge in [0.05, 0.1) is 4.92 Å². The molecule has 2 aromatic carbocycles. The number of amides is 1. The Balaban J connectivity index is 1.87. The first-order chi connectivity index (χ1) is 13.5. The summed E-state index contributed by atoms with van der Waals surface area (Å²) in [5, 5.41) is 23.5. The van der Waals surface area contributed by atoms with E-state index in [0.717, 1.165) is 24.0 Å². The standard InChI is InChI=1S/C21H25N3O4/c1-15-7-8-18(19(13-15)24(27)28)22-21(26)20(17-5-3-2-4-6-17)23-11-9-16(14-25)10-12-23/h2-8,13,16,20,25H,9-12,14H2,1H3,(H,22,26)/t20-/m0/s1. The summed E-state index contributed by atoms with van der Waals surface area (Å²) in [6.07, 6.45) is 1.63. The lowest BCUT2D eigenvalue weighted by Crippen LogP contribution is -2.42. The average Bonchev–Trinajstić information content (AvgIpc) is 2.70. The van der Waals surface area contributed by atoms with Crippen molar-refractivity contribution in [2.75, 3.05) is 25.0 Å². The van der Waals surface area contributed by atoms with Crippen molar-refractivity contribution in [3.63, 3.8) is 0 Å². The van der Waals surface area contributed by atoms with Gasteiger partial charge in [-0.1, -0.05) is 36.4 Å². The topological polar surface area (TPSA) is 95.7 Å². The van der Waals surface area contributed by atoms with E-state index in [-0.39, 0.29) is 29.8 Å². The Morgan fingerprint density at radius 3 is 2.54 bits per heavy atom. The molecule has 1 saturated heterocycles. The summed E-state index contributed by atoms with van der Waals surface area (Å²) in [7, 11) is 0. The first-order valence-electron chi connectivity index (χ1n) is 9.45. The molecule has 0 aliphatic carbocycles. The molecule has 0 spiro atoms. The van der Waals surface area contributed by atoms with Gasteiger partial charge in [-0.2, -0.15) is 0 Å². The molecule has 3 rings (SSSR count). The maximum atomic E-state index is 13.2. The molecule has 2 N–H and O–H groups in total. The maximum absolute atomic E-state index is 13.2. The Morgan fingerprint density at radius 2 is 1.93 bits per heavy atom. The first-order valence-corrected chi connectivity index (χ1v) is 9.45. The number of nitro groups is 1. The number of carbonyl (C=O) groups excluding carboxylic acids is 1. The minimum absolute atomic E-state index is 0.112. The molecular weight excluding hydrogens is 358 g/mol. The predicted octanol–water partition coefficient (Wildman–Crippen LogP) is 3.29. The third-order valence-electron chi connectivity index (χ3n) is 5.24. The number of anilines is 1. The highest BCUT2D eigenvalue weighted by Crippen LogP contribution is 2.30. The molecule has 7 nitrogen and oxygen atoms in total. The number of piperidine rings is 1. The third-order valence-corrected chi connectivity index (χ3v) is 5.24. The molecule has 1 aliphatic heterocycles. The molecule has 0 unspecified atom stereocenters. The van der Waals surface area contributed by atoms with Gasteiger partial charge in [0.2, 0.25) is 5.91 Å². The molecule has 1 aliphatic rings. The van der Waals surface area contributed by atoms with Crippen molar-refractivity contribution in [2.24, 2.45) is 5.92 Å². The fourth-order valence-corrected chi connectivity index (χ4v) is 3.66. The molecule has 0 bridgehead atoms. The molecule has 1 atom stereocenters. The van der Waals surface area contributed by atoms with E-state index in [1.807, 2.05) is 30.3 Å². The highest BCUT2D eigenvalue weighted by molar-refractivity contribution is 5.97. The quantitative estimate of drug-likeness (QED) is 0.589. The Morgan fingerprint density at radius 1 is 1.25 bits per heavy atom. The van der Waals surface area contributed by atoms with Gasteiger partial charge in [-0.15, -0.1) is 0 Å². The molecule has 0 saturated carbocycles. The lowest BCUT2D eigenvalue weighted by Gasteiger charge is -2.36. The first kappa shape index (κ1) is 20.0. The summed E-state index contributed by atoms with van der Waals surface area (Å²) in [6.45, 7) is 3.31. The van der Waals surface area contributed by atoms with Gasteiger partial charge in [-0.25, -0.2) is 0 Å². The lowest BCUT2D eigenvalue weighted by molar-refractivity contribution is -0.384. The van der Waals surface area contributed by atoms with Gasteiger partial charge in [0.15, 0.2) is 0 Å². The van der Waals surface area contributed by atoms with Gasteiger partial charge >= 0.3 is 0 Å². The molecule has 2 aromatic rings. The van der Waals surface area contributed by atoms with Crippen LogP contribution in [-0.2, 0) is 4.79 Å². The number of nitro benzene ring substituents is 1. The van der Waals surface area contributed by atoms with Crippen LogP contribution in [0.4, 0.5) is 11.4 Å². The number of nitrogens with one attached hydrogen (secondary N) is 1. The second kappa shape index (κ2) is 8.95. The van der Waals surface area contributed by atoms with E-state index in [9.17, 15) is 20.0 Å². The fraction of sp³-hybridized carbons (Fsp3) is 0.381. The Labute approximate surface area is 164 Å². The molecular formula is C21H25N3O4. The van der Waals surface area contributed by atoms with Crippen molar-refractivity contribution in [3.05, 3.63) is 69.8 Å². The number of aryl methyl sites for hydroxylation is 1. The predicted molar refractivity (Wildman–Crippen MR) is 107 cm³/mol. The monoisotopic (exact) mass is 383 g/mol. The molecule has 7 heteroatoms. The van der Waals surface area contributed by atoms with Crippen LogP contribution in [0.1, 0.15) is 30.0 Å². The molecule has 1 fully saturated rings. The van der Waals surface area contributed by atoms with Gasteiger partial charge < -0.3 is 10.4 Å². The summed E-state index contributed by atoms with van der Waals surface area (Å²) in [5.74, 6) is -0.0328. The maximum Gasteiger partial charge on any atom is 0.293 e. The Bertz CT molecular complexity index is 833. The van der Waals surface area contributed by atoms with E-state index in [4.69, 9.17) is 0 Å². The van der Waals surface area contributed by atoms with Crippen molar-refractivity contribution in [1.29, 1.82) is 0 Å². The minimum Gasteiger partial charge on any atom is -0.396 e. The third kappa shape index (κ3) is 4.55. The van der Waals surface area contributed by atoms with E-state index in [0.29, 0.717) is 13.1 Å². The molecule has 0 aromatic heterocycles. The smallest absolute Gasteiger partial charge is 0.293 e. The van der Waals surface area contributed by atoms with Gasteiger partial charge in [-0.05, 0) is 56.0 Å². The SMILES string of the molecule is Cc1ccc(NC(=O)[C@H](c2ccccc2)N2CCC(CO)CC2)c([N+](=O)[O-])c1. The number of likely N-dealkylation sites (tertiary alicyclic amines) is 1. The van der Waals surface area contributed by atoms with Crippen LogP contribution in [0.2, 0.25) is 0 Å². The van der Waals surface area contributed by atoms with Crippen molar-refractivity contribution in [1.82, 2.24) is 4.90 Å². The average molecular weight is 383 g/mol.